The molecule has 3 heteroatoms. The zero-order valence-electron chi connectivity index (χ0n) is 16.4. The van der Waals surface area contributed by atoms with Crippen LogP contribution in [0.4, 0.5) is 0 Å². The van der Waals surface area contributed by atoms with Gasteiger partial charge in [-0.2, -0.15) is 0 Å². The standard InChI is InChI=1S/C22H36O3/c1-5-7-8-9-10-11-12-16-22(23-3,24-4)19-25-18-21-15-13-14-20(6-2)17-21/h6,13-15,17H,2,5,7-12,16,18-19H2,1,3-4H3. The first-order valence-electron chi connectivity index (χ1n) is 9.59. The fourth-order valence-electron chi connectivity index (χ4n) is 2.96. The molecule has 0 aromatic heterocycles. The van der Waals surface area contributed by atoms with Crippen LogP contribution < -0.4 is 0 Å². The monoisotopic (exact) mass is 348 g/mol. The van der Waals surface area contributed by atoms with E-state index >= 15 is 0 Å². The smallest absolute Gasteiger partial charge is 0.191 e. The maximum atomic E-state index is 5.89. The summed E-state index contributed by atoms with van der Waals surface area (Å²) in [5.74, 6) is -0.639. The Labute approximate surface area is 154 Å². The second kappa shape index (κ2) is 13.1. The van der Waals surface area contributed by atoms with Crippen molar-refractivity contribution in [3.63, 3.8) is 0 Å². The Morgan fingerprint density at radius 3 is 2.32 bits per heavy atom. The molecule has 0 saturated heterocycles. The van der Waals surface area contributed by atoms with Gasteiger partial charge in [0.15, 0.2) is 5.79 Å². The number of rotatable bonds is 15. The van der Waals surface area contributed by atoms with Gasteiger partial charge in [0.25, 0.3) is 0 Å². The Bertz CT molecular complexity index is 466. The van der Waals surface area contributed by atoms with Crippen molar-refractivity contribution < 1.29 is 14.2 Å². The molecule has 0 fully saturated rings. The molecule has 0 aliphatic heterocycles. The minimum atomic E-state index is -0.639. The van der Waals surface area contributed by atoms with E-state index in [1.807, 2.05) is 18.2 Å². The van der Waals surface area contributed by atoms with Crippen molar-refractivity contribution in [3.8, 4) is 0 Å². The molecule has 0 saturated carbocycles. The lowest BCUT2D eigenvalue weighted by atomic mass is 10.0. The van der Waals surface area contributed by atoms with Crippen LogP contribution in [0.1, 0.15) is 69.4 Å². The first-order chi connectivity index (χ1) is 12.2. The highest BCUT2D eigenvalue weighted by Gasteiger charge is 2.29. The molecule has 0 heterocycles. The van der Waals surface area contributed by atoms with E-state index in [0.717, 1.165) is 24.0 Å². The lowest BCUT2D eigenvalue weighted by molar-refractivity contribution is -0.241. The van der Waals surface area contributed by atoms with Crippen LogP contribution >= 0.6 is 0 Å². The maximum Gasteiger partial charge on any atom is 0.191 e. The Balaban J connectivity index is 2.34. The average molecular weight is 349 g/mol. The fraction of sp³-hybridized carbons (Fsp3) is 0.636. The topological polar surface area (TPSA) is 27.7 Å². The largest absolute Gasteiger partial charge is 0.371 e. The van der Waals surface area contributed by atoms with E-state index in [1.54, 1.807) is 14.2 Å². The average Bonchev–Trinajstić information content (AvgIpc) is 2.66. The zero-order valence-corrected chi connectivity index (χ0v) is 16.4. The van der Waals surface area contributed by atoms with E-state index in [-0.39, 0.29) is 0 Å². The summed E-state index contributed by atoms with van der Waals surface area (Å²) in [4.78, 5) is 0. The third-order valence-corrected chi connectivity index (χ3v) is 4.68. The molecule has 142 valence electrons. The Kier molecular flexibility index (Phi) is 11.5. The minimum absolute atomic E-state index is 0.439. The summed E-state index contributed by atoms with van der Waals surface area (Å²) in [6.07, 6.45) is 11.6. The van der Waals surface area contributed by atoms with Gasteiger partial charge in [0.1, 0.15) is 6.61 Å². The van der Waals surface area contributed by atoms with Gasteiger partial charge in [0.2, 0.25) is 0 Å². The predicted molar refractivity (Wildman–Crippen MR) is 106 cm³/mol. The number of hydrogen-bond donors (Lipinski definition) is 0. The van der Waals surface area contributed by atoms with Gasteiger partial charge >= 0.3 is 0 Å². The van der Waals surface area contributed by atoms with Gasteiger partial charge < -0.3 is 14.2 Å². The van der Waals surface area contributed by atoms with E-state index in [2.05, 4.69) is 25.6 Å². The lowest BCUT2D eigenvalue weighted by Crippen LogP contribution is -2.39. The molecule has 0 amide bonds. The third kappa shape index (κ3) is 8.66. The van der Waals surface area contributed by atoms with Gasteiger partial charge in [-0.25, -0.2) is 0 Å². The van der Waals surface area contributed by atoms with Crippen LogP contribution in [0.5, 0.6) is 0 Å². The fourth-order valence-corrected chi connectivity index (χ4v) is 2.96. The molecular weight excluding hydrogens is 312 g/mol. The molecule has 3 nitrogen and oxygen atoms in total. The first-order valence-corrected chi connectivity index (χ1v) is 9.59. The SMILES string of the molecule is C=Cc1cccc(COCC(CCCCCCCCC)(OC)OC)c1. The van der Waals surface area contributed by atoms with Gasteiger partial charge in [0, 0.05) is 20.6 Å². The lowest BCUT2D eigenvalue weighted by Gasteiger charge is -2.30. The second-order valence-electron chi connectivity index (χ2n) is 6.63. The third-order valence-electron chi connectivity index (χ3n) is 4.68. The van der Waals surface area contributed by atoms with Gasteiger partial charge in [-0.05, 0) is 23.6 Å². The summed E-state index contributed by atoms with van der Waals surface area (Å²) >= 11 is 0. The second-order valence-corrected chi connectivity index (χ2v) is 6.63. The number of ether oxygens (including phenoxy) is 3. The highest BCUT2D eigenvalue weighted by atomic mass is 16.7. The number of hydrogen-bond acceptors (Lipinski definition) is 3. The molecule has 1 rings (SSSR count). The quantitative estimate of drug-likeness (QED) is 0.288. The van der Waals surface area contributed by atoms with Crippen molar-refractivity contribution in [2.75, 3.05) is 20.8 Å². The van der Waals surface area contributed by atoms with Gasteiger partial charge in [0.05, 0.1) is 6.61 Å². The van der Waals surface area contributed by atoms with Gasteiger partial charge in [-0.1, -0.05) is 76.3 Å². The van der Waals surface area contributed by atoms with Crippen molar-refractivity contribution in [1.29, 1.82) is 0 Å². The van der Waals surface area contributed by atoms with Crippen molar-refractivity contribution in [2.24, 2.45) is 0 Å². The van der Waals surface area contributed by atoms with E-state index < -0.39 is 5.79 Å². The van der Waals surface area contributed by atoms with Crippen LogP contribution in [0.2, 0.25) is 0 Å². The van der Waals surface area contributed by atoms with Crippen LogP contribution in [0.15, 0.2) is 30.8 Å². The molecule has 0 unspecified atom stereocenters. The minimum Gasteiger partial charge on any atom is -0.371 e. The highest BCUT2D eigenvalue weighted by molar-refractivity contribution is 5.47. The number of benzene rings is 1. The van der Waals surface area contributed by atoms with E-state index in [4.69, 9.17) is 14.2 Å². The van der Waals surface area contributed by atoms with Crippen molar-refractivity contribution >= 4 is 6.08 Å². The van der Waals surface area contributed by atoms with Crippen molar-refractivity contribution in [1.82, 2.24) is 0 Å². The summed E-state index contributed by atoms with van der Waals surface area (Å²) in [6.45, 7) is 7.04. The Hall–Kier alpha value is -1.16. The number of unbranched alkanes of at least 4 members (excludes halogenated alkanes) is 6. The Morgan fingerprint density at radius 1 is 1.00 bits per heavy atom. The van der Waals surface area contributed by atoms with E-state index in [0.29, 0.717) is 13.2 Å². The zero-order chi connectivity index (χ0) is 18.4. The van der Waals surface area contributed by atoms with E-state index in [9.17, 15) is 0 Å². The summed E-state index contributed by atoms with van der Waals surface area (Å²) in [6, 6.07) is 8.20. The first kappa shape index (κ1) is 21.9. The van der Waals surface area contributed by atoms with Crippen molar-refractivity contribution in [2.45, 2.75) is 70.7 Å². The molecule has 25 heavy (non-hydrogen) atoms. The molecule has 0 spiro atoms. The highest BCUT2D eigenvalue weighted by Crippen LogP contribution is 2.22. The summed E-state index contributed by atoms with van der Waals surface area (Å²) in [5, 5.41) is 0. The summed E-state index contributed by atoms with van der Waals surface area (Å²) < 4.78 is 17.2. The predicted octanol–water partition coefficient (Wildman–Crippen LogP) is 5.98. The van der Waals surface area contributed by atoms with Gasteiger partial charge in [-0.15, -0.1) is 0 Å². The normalized spacial score (nSPS) is 11.6. The maximum absolute atomic E-state index is 5.89. The van der Waals surface area contributed by atoms with Crippen LogP contribution in [-0.4, -0.2) is 26.6 Å². The molecule has 0 aliphatic carbocycles. The van der Waals surface area contributed by atoms with Crippen LogP contribution in [0.3, 0.4) is 0 Å². The molecular formula is C22H36O3. The molecule has 0 atom stereocenters. The molecule has 0 N–H and O–H groups in total. The molecule has 0 radical (unpaired) electrons. The van der Waals surface area contributed by atoms with Crippen LogP contribution in [-0.2, 0) is 20.8 Å². The van der Waals surface area contributed by atoms with Gasteiger partial charge in [-0.3, -0.25) is 0 Å². The van der Waals surface area contributed by atoms with Crippen molar-refractivity contribution in [3.05, 3.63) is 42.0 Å². The van der Waals surface area contributed by atoms with Crippen LogP contribution in [0, 0.1) is 0 Å². The summed E-state index contributed by atoms with van der Waals surface area (Å²) in [5.41, 5.74) is 2.24. The molecule has 0 bridgehead atoms. The number of methoxy groups -OCH3 is 2. The molecule has 1 aromatic rings. The van der Waals surface area contributed by atoms with Crippen LogP contribution in [0.25, 0.3) is 6.08 Å². The summed E-state index contributed by atoms with van der Waals surface area (Å²) in [7, 11) is 3.40. The Morgan fingerprint density at radius 2 is 1.68 bits per heavy atom. The van der Waals surface area contributed by atoms with E-state index in [1.165, 1.54) is 38.5 Å². The molecule has 1 aromatic carbocycles. The molecule has 0 aliphatic rings.